The molecule has 2 aromatic carbocycles. The summed E-state index contributed by atoms with van der Waals surface area (Å²) >= 11 is 6.35. The van der Waals surface area contributed by atoms with Crippen molar-refractivity contribution >= 4 is 11.6 Å². The molecule has 0 saturated carbocycles. The summed E-state index contributed by atoms with van der Waals surface area (Å²) in [6.07, 6.45) is 0. The molecule has 1 N–H and O–H groups in total. The molecular formula is C17H18ClF2N. The third-order valence-corrected chi connectivity index (χ3v) is 3.94. The van der Waals surface area contributed by atoms with Gasteiger partial charge in [0, 0.05) is 5.02 Å². The van der Waals surface area contributed by atoms with Crippen LogP contribution in [-0.4, -0.2) is 6.54 Å². The molecule has 0 saturated heterocycles. The Labute approximate surface area is 128 Å². The van der Waals surface area contributed by atoms with E-state index in [4.69, 9.17) is 11.6 Å². The minimum absolute atomic E-state index is 0.267. The zero-order valence-corrected chi connectivity index (χ0v) is 13.1. The van der Waals surface area contributed by atoms with Gasteiger partial charge in [0.05, 0.1) is 6.04 Å². The van der Waals surface area contributed by atoms with Crippen LogP contribution in [0.15, 0.2) is 30.3 Å². The van der Waals surface area contributed by atoms with Crippen LogP contribution in [0.3, 0.4) is 0 Å². The van der Waals surface area contributed by atoms with Gasteiger partial charge in [-0.05, 0) is 60.8 Å². The predicted octanol–water partition coefficient (Wildman–Crippen LogP) is 4.93. The van der Waals surface area contributed by atoms with E-state index in [1.54, 1.807) is 6.07 Å². The Bertz CT molecular complexity index is 655. The van der Waals surface area contributed by atoms with Gasteiger partial charge in [-0.2, -0.15) is 0 Å². The SMILES string of the molecule is CCNC(c1ccc(F)c(F)c1)c1cc(C)c(C)cc1Cl. The van der Waals surface area contributed by atoms with Gasteiger partial charge in [0.25, 0.3) is 0 Å². The summed E-state index contributed by atoms with van der Waals surface area (Å²) in [5, 5.41) is 3.90. The molecule has 0 fully saturated rings. The van der Waals surface area contributed by atoms with Crippen molar-refractivity contribution in [1.82, 2.24) is 5.32 Å². The van der Waals surface area contributed by atoms with Crippen molar-refractivity contribution in [3.8, 4) is 0 Å². The van der Waals surface area contributed by atoms with Crippen molar-refractivity contribution in [1.29, 1.82) is 0 Å². The Kier molecular flexibility index (Phi) is 4.96. The molecule has 21 heavy (non-hydrogen) atoms. The van der Waals surface area contributed by atoms with Gasteiger partial charge < -0.3 is 5.32 Å². The molecule has 0 aromatic heterocycles. The lowest BCUT2D eigenvalue weighted by atomic mass is 9.95. The molecule has 0 aliphatic heterocycles. The molecular weight excluding hydrogens is 292 g/mol. The van der Waals surface area contributed by atoms with Gasteiger partial charge in [-0.25, -0.2) is 8.78 Å². The molecule has 0 aliphatic carbocycles. The maximum absolute atomic E-state index is 13.5. The highest BCUT2D eigenvalue weighted by molar-refractivity contribution is 6.31. The van der Waals surface area contributed by atoms with Gasteiger partial charge in [0.15, 0.2) is 11.6 Å². The first kappa shape index (κ1) is 15.9. The van der Waals surface area contributed by atoms with Crippen LogP contribution in [0.4, 0.5) is 8.78 Å². The summed E-state index contributed by atoms with van der Waals surface area (Å²) in [5.74, 6) is -1.70. The lowest BCUT2D eigenvalue weighted by Gasteiger charge is -2.21. The van der Waals surface area contributed by atoms with Gasteiger partial charge in [-0.1, -0.05) is 30.7 Å². The van der Waals surface area contributed by atoms with Crippen molar-refractivity contribution in [2.24, 2.45) is 0 Å². The normalized spacial score (nSPS) is 12.5. The first-order valence-electron chi connectivity index (χ1n) is 6.89. The van der Waals surface area contributed by atoms with Crippen LogP contribution in [0.2, 0.25) is 5.02 Å². The van der Waals surface area contributed by atoms with Crippen molar-refractivity contribution in [2.75, 3.05) is 6.54 Å². The molecule has 0 amide bonds. The van der Waals surface area contributed by atoms with Crippen LogP contribution in [0, 0.1) is 25.5 Å². The summed E-state index contributed by atoms with van der Waals surface area (Å²) in [5.41, 5.74) is 3.73. The lowest BCUT2D eigenvalue weighted by molar-refractivity contribution is 0.504. The quantitative estimate of drug-likeness (QED) is 0.844. The Balaban J connectivity index is 2.52. The highest BCUT2D eigenvalue weighted by Gasteiger charge is 2.18. The second kappa shape index (κ2) is 6.54. The number of aryl methyl sites for hydroxylation is 2. The van der Waals surface area contributed by atoms with E-state index in [0.29, 0.717) is 17.1 Å². The maximum Gasteiger partial charge on any atom is 0.159 e. The van der Waals surface area contributed by atoms with E-state index in [1.807, 2.05) is 32.9 Å². The average Bonchev–Trinajstić information content (AvgIpc) is 2.44. The number of benzene rings is 2. The van der Waals surface area contributed by atoms with E-state index < -0.39 is 11.6 Å². The van der Waals surface area contributed by atoms with E-state index in [-0.39, 0.29) is 6.04 Å². The van der Waals surface area contributed by atoms with Crippen LogP contribution in [-0.2, 0) is 0 Å². The minimum Gasteiger partial charge on any atom is -0.306 e. The molecule has 1 nitrogen and oxygen atoms in total. The summed E-state index contributed by atoms with van der Waals surface area (Å²) in [7, 11) is 0. The molecule has 112 valence electrons. The Morgan fingerprint density at radius 3 is 2.33 bits per heavy atom. The predicted molar refractivity (Wildman–Crippen MR) is 82.8 cm³/mol. The Morgan fingerprint density at radius 2 is 1.71 bits per heavy atom. The molecule has 0 radical (unpaired) electrons. The third-order valence-electron chi connectivity index (χ3n) is 3.61. The topological polar surface area (TPSA) is 12.0 Å². The second-order valence-corrected chi connectivity index (χ2v) is 5.53. The molecule has 0 spiro atoms. The summed E-state index contributed by atoms with van der Waals surface area (Å²) in [4.78, 5) is 0. The lowest BCUT2D eigenvalue weighted by Crippen LogP contribution is -2.22. The van der Waals surface area contributed by atoms with Gasteiger partial charge in [0.1, 0.15) is 0 Å². The van der Waals surface area contributed by atoms with Crippen molar-refractivity contribution < 1.29 is 8.78 Å². The van der Waals surface area contributed by atoms with Crippen LogP contribution < -0.4 is 5.32 Å². The highest BCUT2D eigenvalue weighted by Crippen LogP contribution is 2.31. The average molecular weight is 310 g/mol. The highest BCUT2D eigenvalue weighted by atomic mass is 35.5. The summed E-state index contributed by atoms with van der Waals surface area (Å²) < 4.78 is 26.6. The van der Waals surface area contributed by atoms with Crippen LogP contribution in [0.5, 0.6) is 0 Å². The molecule has 1 atom stereocenters. The van der Waals surface area contributed by atoms with E-state index in [0.717, 1.165) is 22.8 Å². The van der Waals surface area contributed by atoms with Crippen LogP contribution in [0.1, 0.15) is 35.2 Å². The Hall–Kier alpha value is -1.45. The van der Waals surface area contributed by atoms with Crippen LogP contribution in [0.25, 0.3) is 0 Å². The van der Waals surface area contributed by atoms with E-state index in [2.05, 4.69) is 5.32 Å². The number of hydrogen-bond acceptors (Lipinski definition) is 1. The third kappa shape index (κ3) is 3.42. The number of hydrogen-bond donors (Lipinski definition) is 1. The van der Waals surface area contributed by atoms with Crippen molar-refractivity contribution in [2.45, 2.75) is 26.8 Å². The fourth-order valence-corrected chi connectivity index (χ4v) is 2.66. The molecule has 0 aliphatic rings. The summed E-state index contributed by atoms with van der Waals surface area (Å²) in [6.45, 7) is 6.64. The van der Waals surface area contributed by atoms with Gasteiger partial charge >= 0.3 is 0 Å². The Morgan fingerprint density at radius 1 is 1.05 bits per heavy atom. The molecule has 0 bridgehead atoms. The molecule has 0 heterocycles. The fourth-order valence-electron chi connectivity index (χ4n) is 2.33. The fraction of sp³-hybridized carbons (Fsp3) is 0.294. The van der Waals surface area contributed by atoms with Crippen molar-refractivity contribution in [3.05, 3.63) is 69.2 Å². The maximum atomic E-state index is 13.5. The monoisotopic (exact) mass is 309 g/mol. The zero-order chi connectivity index (χ0) is 15.6. The van der Waals surface area contributed by atoms with Gasteiger partial charge in [-0.15, -0.1) is 0 Å². The summed E-state index contributed by atoms with van der Waals surface area (Å²) in [6, 6.07) is 7.56. The van der Waals surface area contributed by atoms with Crippen LogP contribution >= 0.6 is 11.6 Å². The van der Waals surface area contributed by atoms with E-state index in [1.165, 1.54) is 6.07 Å². The number of nitrogens with one attached hydrogen (secondary N) is 1. The number of halogens is 3. The van der Waals surface area contributed by atoms with Gasteiger partial charge in [-0.3, -0.25) is 0 Å². The largest absolute Gasteiger partial charge is 0.306 e. The molecule has 4 heteroatoms. The molecule has 1 unspecified atom stereocenters. The minimum atomic E-state index is -0.852. The smallest absolute Gasteiger partial charge is 0.159 e. The number of rotatable bonds is 4. The first-order valence-corrected chi connectivity index (χ1v) is 7.26. The molecule has 2 rings (SSSR count). The van der Waals surface area contributed by atoms with E-state index >= 15 is 0 Å². The van der Waals surface area contributed by atoms with Crippen molar-refractivity contribution in [3.63, 3.8) is 0 Å². The van der Waals surface area contributed by atoms with Gasteiger partial charge in [0.2, 0.25) is 0 Å². The van der Waals surface area contributed by atoms with E-state index in [9.17, 15) is 8.78 Å². The standard InChI is InChI=1S/C17H18ClF2N/c1-4-21-17(12-5-6-15(19)16(20)9-12)13-7-10(2)11(3)8-14(13)18/h5-9,17,21H,4H2,1-3H3. The molecule has 2 aromatic rings. The zero-order valence-electron chi connectivity index (χ0n) is 12.3. The first-order chi connectivity index (χ1) is 9.93. The second-order valence-electron chi connectivity index (χ2n) is 5.12.